The van der Waals surface area contributed by atoms with Crippen molar-refractivity contribution in [2.75, 3.05) is 26.2 Å². The van der Waals surface area contributed by atoms with Crippen molar-refractivity contribution < 1.29 is 9.90 Å². The summed E-state index contributed by atoms with van der Waals surface area (Å²) in [7, 11) is 0. The van der Waals surface area contributed by atoms with E-state index in [9.17, 15) is 9.90 Å². The van der Waals surface area contributed by atoms with Crippen LogP contribution < -0.4 is 5.32 Å². The molecule has 1 aliphatic rings. The molecule has 0 saturated carbocycles. The molecule has 1 fully saturated rings. The summed E-state index contributed by atoms with van der Waals surface area (Å²) >= 11 is 0. The van der Waals surface area contributed by atoms with Gasteiger partial charge in [-0.3, -0.25) is 9.69 Å². The molecular formula is C10H18N2O2. The zero-order valence-corrected chi connectivity index (χ0v) is 8.57. The highest BCUT2D eigenvalue weighted by atomic mass is 16.3. The molecule has 1 heterocycles. The maximum atomic E-state index is 11.0. The molecule has 0 aromatic carbocycles. The summed E-state index contributed by atoms with van der Waals surface area (Å²) in [4.78, 5) is 13.1. The number of nitrogens with zero attached hydrogens (tertiary/aromatic N) is 1. The van der Waals surface area contributed by atoms with Crippen molar-refractivity contribution in [3.8, 4) is 0 Å². The highest BCUT2D eigenvalue weighted by Crippen LogP contribution is 2.07. The molecule has 0 spiro atoms. The number of likely N-dealkylation sites (N-methyl/N-ethyl adjacent to an activating group) is 1. The molecule has 1 atom stereocenters. The molecule has 1 amide bonds. The van der Waals surface area contributed by atoms with Crippen LogP contribution in [-0.4, -0.2) is 48.2 Å². The normalized spacial score (nSPS) is 23.1. The fourth-order valence-electron chi connectivity index (χ4n) is 1.52. The third kappa shape index (κ3) is 3.89. The Morgan fingerprint density at radius 3 is 3.07 bits per heavy atom. The number of rotatable bonds is 4. The molecule has 1 unspecified atom stereocenters. The summed E-state index contributed by atoms with van der Waals surface area (Å²) in [6.45, 7) is 4.93. The number of aliphatic hydroxyl groups is 1. The van der Waals surface area contributed by atoms with Crippen LogP contribution in [0.1, 0.15) is 13.3 Å². The maximum absolute atomic E-state index is 11.0. The third-order valence-corrected chi connectivity index (χ3v) is 2.23. The summed E-state index contributed by atoms with van der Waals surface area (Å²) < 4.78 is 0. The van der Waals surface area contributed by atoms with E-state index in [1.54, 1.807) is 6.08 Å². The summed E-state index contributed by atoms with van der Waals surface area (Å²) in [6.07, 6.45) is 4.04. The van der Waals surface area contributed by atoms with Crippen molar-refractivity contribution in [2.45, 2.75) is 19.4 Å². The van der Waals surface area contributed by atoms with Crippen LogP contribution in [0.3, 0.4) is 0 Å². The van der Waals surface area contributed by atoms with Crippen LogP contribution in [0.4, 0.5) is 0 Å². The van der Waals surface area contributed by atoms with Crippen molar-refractivity contribution in [1.82, 2.24) is 10.2 Å². The standard InChI is InChI=1S/C10H18N2O2/c1-2-11-10(14)4-3-6-12-7-5-9(13)8-12/h3-4,9,13H,2,5-8H2,1H3,(H,11,14)/b4-3+. The van der Waals surface area contributed by atoms with Gasteiger partial charge in [-0.15, -0.1) is 0 Å². The number of amides is 1. The molecule has 0 aromatic rings. The molecule has 0 aromatic heterocycles. The molecule has 0 aliphatic carbocycles. The monoisotopic (exact) mass is 198 g/mol. The van der Waals surface area contributed by atoms with Gasteiger partial charge in [0, 0.05) is 32.3 Å². The van der Waals surface area contributed by atoms with E-state index in [0.717, 1.165) is 26.1 Å². The van der Waals surface area contributed by atoms with Gasteiger partial charge in [0.15, 0.2) is 0 Å². The van der Waals surface area contributed by atoms with Crippen molar-refractivity contribution in [3.63, 3.8) is 0 Å². The Hall–Kier alpha value is -0.870. The topological polar surface area (TPSA) is 52.6 Å². The second-order valence-electron chi connectivity index (χ2n) is 3.50. The maximum Gasteiger partial charge on any atom is 0.243 e. The van der Waals surface area contributed by atoms with Gasteiger partial charge in [-0.05, 0) is 13.3 Å². The number of likely N-dealkylation sites (tertiary alicyclic amines) is 1. The first kappa shape index (κ1) is 11.2. The lowest BCUT2D eigenvalue weighted by Gasteiger charge is -2.10. The molecule has 0 radical (unpaired) electrons. The number of hydrogen-bond acceptors (Lipinski definition) is 3. The third-order valence-electron chi connectivity index (χ3n) is 2.23. The zero-order valence-electron chi connectivity index (χ0n) is 8.57. The summed E-state index contributed by atoms with van der Waals surface area (Å²) in [5, 5.41) is 11.9. The smallest absolute Gasteiger partial charge is 0.243 e. The predicted octanol–water partition coefficient (Wildman–Crippen LogP) is -0.255. The summed E-state index contributed by atoms with van der Waals surface area (Å²) in [6, 6.07) is 0. The van der Waals surface area contributed by atoms with Gasteiger partial charge in [0.05, 0.1) is 6.10 Å². The van der Waals surface area contributed by atoms with Gasteiger partial charge in [-0.2, -0.15) is 0 Å². The fourth-order valence-corrected chi connectivity index (χ4v) is 1.52. The Morgan fingerprint density at radius 2 is 2.50 bits per heavy atom. The first-order valence-electron chi connectivity index (χ1n) is 5.07. The van der Waals surface area contributed by atoms with Crippen molar-refractivity contribution in [2.24, 2.45) is 0 Å². The van der Waals surface area contributed by atoms with E-state index in [4.69, 9.17) is 0 Å². The summed E-state index contributed by atoms with van der Waals surface area (Å²) in [5.41, 5.74) is 0. The van der Waals surface area contributed by atoms with Gasteiger partial charge in [-0.1, -0.05) is 6.08 Å². The number of carbonyl (C=O) groups is 1. The Kier molecular flexibility index (Phi) is 4.62. The zero-order chi connectivity index (χ0) is 10.4. The van der Waals surface area contributed by atoms with E-state index in [1.165, 1.54) is 0 Å². The van der Waals surface area contributed by atoms with Gasteiger partial charge >= 0.3 is 0 Å². The van der Waals surface area contributed by atoms with Crippen LogP contribution in [0.25, 0.3) is 0 Å². The van der Waals surface area contributed by atoms with Crippen molar-refractivity contribution >= 4 is 5.91 Å². The lowest BCUT2D eigenvalue weighted by atomic mass is 10.3. The highest BCUT2D eigenvalue weighted by molar-refractivity contribution is 5.87. The summed E-state index contributed by atoms with van der Waals surface area (Å²) in [5.74, 6) is -0.0488. The average molecular weight is 198 g/mol. The first-order valence-corrected chi connectivity index (χ1v) is 5.07. The molecule has 80 valence electrons. The average Bonchev–Trinajstić information content (AvgIpc) is 2.52. The van der Waals surface area contributed by atoms with Gasteiger partial charge in [0.2, 0.25) is 5.91 Å². The number of carbonyl (C=O) groups excluding carboxylic acids is 1. The Bertz CT molecular complexity index is 216. The second kappa shape index (κ2) is 5.78. The van der Waals surface area contributed by atoms with Crippen LogP contribution >= 0.6 is 0 Å². The second-order valence-corrected chi connectivity index (χ2v) is 3.50. The van der Waals surface area contributed by atoms with E-state index in [-0.39, 0.29) is 12.0 Å². The number of β-amino-alcohol motifs (C(OH)–C–C–N with tert-alkyl or cyclic N) is 1. The molecule has 1 saturated heterocycles. The SMILES string of the molecule is CCNC(=O)/C=C/CN1CCC(O)C1. The quantitative estimate of drug-likeness (QED) is 0.612. The molecule has 4 heteroatoms. The van der Waals surface area contributed by atoms with Crippen LogP contribution in [-0.2, 0) is 4.79 Å². The van der Waals surface area contributed by atoms with Crippen LogP contribution in [0, 0.1) is 0 Å². The van der Waals surface area contributed by atoms with Crippen LogP contribution in [0.2, 0.25) is 0 Å². The van der Waals surface area contributed by atoms with Crippen LogP contribution in [0.5, 0.6) is 0 Å². The van der Waals surface area contributed by atoms with Crippen LogP contribution in [0.15, 0.2) is 12.2 Å². The van der Waals surface area contributed by atoms with E-state index in [0.29, 0.717) is 6.54 Å². The lowest BCUT2D eigenvalue weighted by Crippen LogP contribution is -2.23. The predicted molar refractivity (Wildman–Crippen MR) is 54.9 cm³/mol. The van der Waals surface area contributed by atoms with E-state index in [1.807, 2.05) is 13.0 Å². The first-order chi connectivity index (χ1) is 6.72. The lowest BCUT2D eigenvalue weighted by molar-refractivity contribution is -0.116. The molecule has 14 heavy (non-hydrogen) atoms. The van der Waals surface area contributed by atoms with Gasteiger partial charge in [-0.25, -0.2) is 0 Å². The Balaban J connectivity index is 2.16. The van der Waals surface area contributed by atoms with Gasteiger partial charge < -0.3 is 10.4 Å². The van der Waals surface area contributed by atoms with Crippen molar-refractivity contribution in [3.05, 3.63) is 12.2 Å². The Labute approximate surface area is 84.6 Å². The Morgan fingerprint density at radius 1 is 1.71 bits per heavy atom. The number of hydrogen-bond donors (Lipinski definition) is 2. The van der Waals surface area contributed by atoms with Gasteiger partial charge in [0.25, 0.3) is 0 Å². The molecular weight excluding hydrogens is 180 g/mol. The molecule has 1 rings (SSSR count). The minimum absolute atomic E-state index is 0.0488. The van der Waals surface area contributed by atoms with Crippen molar-refractivity contribution in [1.29, 1.82) is 0 Å². The van der Waals surface area contributed by atoms with E-state index in [2.05, 4.69) is 10.2 Å². The molecule has 1 aliphatic heterocycles. The number of aliphatic hydroxyl groups excluding tert-OH is 1. The minimum Gasteiger partial charge on any atom is -0.392 e. The number of nitrogens with one attached hydrogen (secondary N) is 1. The fraction of sp³-hybridized carbons (Fsp3) is 0.700. The van der Waals surface area contributed by atoms with E-state index >= 15 is 0 Å². The molecule has 0 bridgehead atoms. The molecule has 4 nitrogen and oxygen atoms in total. The molecule has 2 N–H and O–H groups in total. The van der Waals surface area contributed by atoms with E-state index < -0.39 is 0 Å². The minimum atomic E-state index is -0.187. The highest BCUT2D eigenvalue weighted by Gasteiger charge is 2.18. The van der Waals surface area contributed by atoms with Gasteiger partial charge in [0.1, 0.15) is 0 Å². The largest absolute Gasteiger partial charge is 0.392 e.